The molecule has 0 bridgehead atoms. The van der Waals surface area contributed by atoms with Crippen molar-refractivity contribution in [2.45, 2.75) is 19.4 Å². The molecule has 4 heteroatoms. The van der Waals surface area contributed by atoms with Gasteiger partial charge >= 0.3 is 0 Å². The van der Waals surface area contributed by atoms with Crippen LogP contribution < -0.4 is 0 Å². The minimum Gasteiger partial charge on any atom is -0.378 e. The lowest BCUT2D eigenvalue weighted by molar-refractivity contribution is 0.143. The van der Waals surface area contributed by atoms with Gasteiger partial charge in [0.25, 0.3) is 0 Å². The molecule has 1 N–H and O–H groups in total. The van der Waals surface area contributed by atoms with Crippen molar-refractivity contribution in [1.82, 2.24) is 9.97 Å². The zero-order chi connectivity index (χ0) is 12.5. The molecule has 0 amide bonds. The second-order valence-corrected chi connectivity index (χ2v) is 4.52. The van der Waals surface area contributed by atoms with Crippen molar-refractivity contribution < 1.29 is 5.11 Å². The Morgan fingerprint density at radius 1 is 1.18 bits per heavy atom. The van der Waals surface area contributed by atoms with Gasteiger partial charge in [-0.3, -0.25) is 0 Å². The van der Waals surface area contributed by atoms with Gasteiger partial charge in [0.05, 0.1) is 11.0 Å². The van der Waals surface area contributed by atoms with Gasteiger partial charge in [-0.05, 0) is 31.9 Å². The molecule has 0 aliphatic carbocycles. The van der Waals surface area contributed by atoms with Gasteiger partial charge < -0.3 is 5.11 Å². The van der Waals surface area contributed by atoms with Gasteiger partial charge in [0.1, 0.15) is 5.60 Å². The second-order valence-electron chi connectivity index (χ2n) is 4.16. The Morgan fingerprint density at radius 3 is 2.35 bits per heavy atom. The van der Waals surface area contributed by atoms with Crippen LogP contribution in [0.1, 0.15) is 19.5 Å². The molecule has 0 spiro atoms. The van der Waals surface area contributed by atoms with Crippen molar-refractivity contribution in [2.75, 3.05) is 0 Å². The Balaban J connectivity index is 2.54. The van der Waals surface area contributed by atoms with Crippen molar-refractivity contribution in [1.29, 1.82) is 0 Å². The maximum absolute atomic E-state index is 9.52. The zero-order valence-electron chi connectivity index (χ0n) is 9.53. The number of benzene rings is 1. The predicted octanol–water partition coefficient (Wildman–Crippen LogP) is 2.41. The van der Waals surface area contributed by atoms with E-state index in [0.717, 1.165) is 11.0 Å². The van der Waals surface area contributed by atoms with Crippen molar-refractivity contribution in [3.63, 3.8) is 0 Å². The summed E-state index contributed by atoms with van der Waals surface area (Å²) in [5, 5.41) is 9.77. The first-order chi connectivity index (χ1) is 7.96. The molecule has 1 heterocycles. The highest BCUT2D eigenvalue weighted by Gasteiger charge is 2.08. The molecule has 0 aliphatic rings. The third-order valence-corrected chi connectivity index (χ3v) is 2.28. The van der Waals surface area contributed by atoms with Crippen LogP contribution in [0.4, 0.5) is 0 Å². The standard InChI is InChI=1S/C13H11ClN2O/c1-13(2,17)8-7-11-12(14)16-10-6-4-3-5-9(10)15-11/h3-6,17H,1-2H3. The van der Waals surface area contributed by atoms with Crippen LogP contribution in [-0.4, -0.2) is 20.7 Å². The highest BCUT2D eigenvalue weighted by Crippen LogP contribution is 2.16. The highest BCUT2D eigenvalue weighted by atomic mass is 35.5. The average molecular weight is 247 g/mol. The van der Waals surface area contributed by atoms with Gasteiger partial charge in [-0.15, -0.1) is 0 Å². The Bertz CT molecular complexity index is 621. The third kappa shape index (κ3) is 2.94. The molecule has 0 radical (unpaired) electrons. The minimum atomic E-state index is -1.07. The van der Waals surface area contributed by atoms with E-state index >= 15 is 0 Å². The first-order valence-corrected chi connectivity index (χ1v) is 5.51. The van der Waals surface area contributed by atoms with Crippen molar-refractivity contribution >= 4 is 22.6 Å². The smallest absolute Gasteiger partial charge is 0.164 e. The second kappa shape index (κ2) is 4.33. The molecule has 0 atom stereocenters. The maximum Gasteiger partial charge on any atom is 0.164 e. The zero-order valence-corrected chi connectivity index (χ0v) is 10.3. The highest BCUT2D eigenvalue weighted by molar-refractivity contribution is 6.30. The molecule has 0 saturated heterocycles. The summed E-state index contributed by atoms with van der Waals surface area (Å²) in [5.74, 6) is 5.40. The summed E-state index contributed by atoms with van der Waals surface area (Å²) >= 11 is 5.97. The SMILES string of the molecule is CC(C)(O)C#Cc1nc2ccccc2nc1Cl. The topological polar surface area (TPSA) is 46.0 Å². The number of hydrogen-bond donors (Lipinski definition) is 1. The molecule has 0 saturated carbocycles. The number of nitrogens with zero attached hydrogens (tertiary/aromatic N) is 2. The fourth-order valence-electron chi connectivity index (χ4n) is 1.27. The molecule has 2 rings (SSSR count). The lowest BCUT2D eigenvalue weighted by atomic mass is 10.1. The lowest BCUT2D eigenvalue weighted by Gasteiger charge is -2.06. The number of rotatable bonds is 0. The Kier molecular flexibility index (Phi) is 3.01. The molecule has 86 valence electrons. The lowest BCUT2D eigenvalue weighted by Crippen LogP contribution is -2.14. The van der Waals surface area contributed by atoms with E-state index in [0.29, 0.717) is 5.69 Å². The van der Waals surface area contributed by atoms with Crippen LogP contribution in [0.2, 0.25) is 5.15 Å². The number of halogens is 1. The van der Waals surface area contributed by atoms with Crippen molar-refractivity contribution in [2.24, 2.45) is 0 Å². The van der Waals surface area contributed by atoms with Crippen LogP contribution in [0, 0.1) is 11.8 Å². The van der Waals surface area contributed by atoms with E-state index in [2.05, 4.69) is 21.8 Å². The summed E-state index contributed by atoms with van der Waals surface area (Å²) in [6.07, 6.45) is 0. The number of aromatic nitrogens is 2. The normalized spacial score (nSPS) is 11.1. The van der Waals surface area contributed by atoms with E-state index in [-0.39, 0.29) is 5.15 Å². The van der Waals surface area contributed by atoms with E-state index in [4.69, 9.17) is 11.6 Å². The molecular weight excluding hydrogens is 236 g/mol. The molecular formula is C13H11ClN2O. The fraction of sp³-hybridized carbons (Fsp3) is 0.231. The summed E-state index contributed by atoms with van der Waals surface area (Å²) in [5.41, 5.74) is 0.771. The van der Waals surface area contributed by atoms with Crippen LogP contribution in [0.25, 0.3) is 11.0 Å². The van der Waals surface area contributed by atoms with Crippen molar-refractivity contribution in [3.05, 3.63) is 35.1 Å². The molecule has 17 heavy (non-hydrogen) atoms. The van der Waals surface area contributed by atoms with Crippen LogP contribution in [-0.2, 0) is 0 Å². The summed E-state index contributed by atoms with van der Waals surface area (Å²) < 4.78 is 0. The van der Waals surface area contributed by atoms with Gasteiger partial charge in [-0.25, -0.2) is 9.97 Å². The van der Waals surface area contributed by atoms with E-state index in [9.17, 15) is 5.11 Å². The summed E-state index contributed by atoms with van der Waals surface area (Å²) in [6.45, 7) is 3.20. The predicted molar refractivity (Wildman–Crippen MR) is 67.7 cm³/mol. The number of para-hydroxylation sites is 2. The molecule has 3 nitrogen and oxygen atoms in total. The van der Waals surface area contributed by atoms with Crippen molar-refractivity contribution in [3.8, 4) is 11.8 Å². The fourth-order valence-corrected chi connectivity index (χ4v) is 1.45. The summed E-state index contributed by atoms with van der Waals surface area (Å²) in [6, 6.07) is 7.42. The number of aliphatic hydroxyl groups is 1. The van der Waals surface area contributed by atoms with E-state index in [1.165, 1.54) is 0 Å². The maximum atomic E-state index is 9.52. The largest absolute Gasteiger partial charge is 0.378 e. The first-order valence-electron chi connectivity index (χ1n) is 5.13. The van der Waals surface area contributed by atoms with E-state index in [1.807, 2.05) is 24.3 Å². The summed E-state index contributed by atoms with van der Waals surface area (Å²) in [7, 11) is 0. The average Bonchev–Trinajstić information content (AvgIpc) is 2.25. The number of hydrogen-bond acceptors (Lipinski definition) is 3. The van der Waals surface area contributed by atoms with Gasteiger partial charge in [0, 0.05) is 0 Å². The molecule has 1 aromatic heterocycles. The van der Waals surface area contributed by atoms with Gasteiger partial charge in [0.2, 0.25) is 0 Å². The van der Waals surface area contributed by atoms with Crippen LogP contribution in [0.3, 0.4) is 0 Å². The van der Waals surface area contributed by atoms with Gasteiger partial charge in [-0.1, -0.05) is 29.7 Å². The molecule has 0 fully saturated rings. The Hall–Kier alpha value is -1.63. The number of fused-ring (bicyclic) bond motifs is 1. The molecule has 2 aromatic rings. The molecule has 0 aliphatic heterocycles. The van der Waals surface area contributed by atoms with Crippen LogP contribution in [0.15, 0.2) is 24.3 Å². The Morgan fingerprint density at radius 2 is 1.76 bits per heavy atom. The monoisotopic (exact) mass is 246 g/mol. The third-order valence-electron chi connectivity index (χ3n) is 2.01. The van der Waals surface area contributed by atoms with Gasteiger partial charge in [0.15, 0.2) is 10.8 Å². The summed E-state index contributed by atoms with van der Waals surface area (Å²) in [4.78, 5) is 8.49. The molecule has 0 unspecified atom stereocenters. The first kappa shape index (κ1) is 11.8. The quantitative estimate of drug-likeness (QED) is 0.726. The van der Waals surface area contributed by atoms with Crippen LogP contribution in [0.5, 0.6) is 0 Å². The van der Waals surface area contributed by atoms with E-state index < -0.39 is 5.60 Å². The van der Waals surface area contributed by atoms with Gasteiger partial charge in [-0.2, -0.15) is 0 Å². The Labute approximate surface area is 104 Å². The molecule has 1 aromatic carbocycles. The van der Waals surface area contributed by atoms with Crippen LogP contribution >= 0.6 is 11.6 Å². The van der Waals surface area contributed by atoms with E-state index in [1.54, 1.807) is 13.8 Å². The minimum absolute atomic E-state index is 0.250.